The van der Waals surface area contributed by atoms with E-state index in [1.54, 1.807) is 19.1 Å². The standard InChI is InChI=1S/C18H22FN5O3S/c1-2-20-17(26)21-15(25)11-28-18-23-22-16(12-5-7-13(19)8-6-12)24(18)10-14-4-3-9-27-14/h5-8,14H,2-4,9-11H2,1H3,(H2,20,21,25,26)/t14-/m0/s1. The summed E-state index contributed by atoms with van der Waals surface area (Å²) in [5.74, 6) is -0.150. The lowest BCUT2D eigenvalue weighted by atomic mass is 10.2. The molecule has 1 atom stereocenters. The molecule has 3 amide bonds. The SMILES string of the molecule is CCNC(=O)NC(=O)CSc1nnc(-c2ccc(F)cc2)n1C[C@@H]1CCCO1. The third-order valence-corrected chi connectivity index (χ3v) is 5.12. The Morgan fingerprint density at radius 1 is 1.32 bits per heavy atom. The number of ether oxygens (including phenoxy) is 1. The molecule has 1 aromatic carbocycles. The molecule has 10 heteroatoms. The van der Waals surface area contributed by atoms with Crippen LogP contribution in [0, 0.1) is 5.82 Å². The number of imide groups is 1. The number of hydrogen-bond acceptors (Lipinski definition) is 6. The predicted molar refractivity (Wildman–Crippen MR) is 102 cm³/mol. The van der Waals surface area contributed by atoms with Gasteiger partial charge in [0, 0.05) is 18.7 Å². The minimum atomic E-state index is -0.527. The molecule has 0 radical (unpaired) electrons. The fourth-order valence-electron chi connectivity index (χ4n) is 2.86. The van der Waals surface area contributed by atoms with Gasteiger partial charge in [-0.15, -0.1) is 10.2 Å². The maximum atomic E-state index is 13.3. The summed E-state index contributed by atoms with van der Waals surface area (Å²) >= 11 is 1.18. The fraction of sp³-hybridized carbons (Fsp3) is 0.444. The number of carbonyl (C=O) groups is 2. The van der Waals surface area contributed by atoms with Gasteiger partial charge in [0.25, 0.3) is 0 Å². The molecular formula is C18H22FN5O3S. The lowest BCUT2D eigenvalue weighted by Gasteiger charge is -2.14. The zero-order chi connectivity index (χ0) is 19.9. The average molecular weight is 407 g/mol. The van der Waals surface area contributed by atoms with Crippen LogP contribution < -0.4 is 10.6 Å². The Morgan fingerprint density at radius 2 is 2.11 bits per heavy atom. The largest absolute Gasteiger partial charge is 0.376 e. The van der Waals surface area contributed by atoms with Gasteiger partial charge in [-0.25, -0.2) is 9.18 Å². The molecule has 1 aromatic heterocycles. The predicted octanol–water partition coefficient (Wildman–Crippen LogP) is 2.20. The minimum absolute atomic E-state index is 0.0181. The van der Waals surface area contributed by atoms with Gasteiger partial charge in [-0.2, -0.15) is 0 Å². The molecule has 1 aliphatic rings. The highest BCUT2D eigenvalue weighted by Crippen LogP contribution is 2.26. The quantitative estimate of drug-likeness (QED) is 0.683. The van der Waals surface area contributed by atoms with Crippen molar-refractivity contribution in [2.45, 2.75) is 37.6 Å². The Morgan fingerprint density at radius 3 is 2.79 bits per heavy atom. The zero-order valence-electron chi connectivity index (χ0n) is 15.5. The number of halogens is 1. The van der Waals surface area contributed by atoms with E-state index in [-0.39, 0.29) is 17.7 Å². The van der Waals surface area contributed by atoms with Crippen LogP contribution in [-0.2, 0) is 16.1 Å². The molecule has 0 aliphatic carbocycles. The number of rotatable bonds is 7. The maximum Gasteiger partial charge on any atom is 0.321 e. The van der Waals surface area contributed by atoms with Gasteiger partial charge >= 0.3 is 6.03 Å². The second-order valence-electron chi connectivity index (χ2n) is 6.26. The van der Waals surface area contributed by atoms with Gasteiger partial charge in [-0.1, -0.05) is 11.8 Å². The van der Waals surface area contributed by atoms with Crippen LogP contribution in [0.3, 0.4) is 0 Å². The lowest BCUT2D eigenvalue weighted by molar-refractivity contribution is -0.117. The van der Waals surface area contributed by atoms with Gasteiger partial charge in [0.15, 0.2) is 11.0 Å². The summed E-state index contributed by atoms with van der Waals surface area (Å²) in [7, 11) is 0. The smallest absolute Gasteiger partial charge is 0.321 e. The summed E-state index contributed by atoms with van der Waals surface area (Å²) in [5, 5.41) is 13.7. The number of amides is 3. The number of aromatic nitrogens is 3. The van der Waals surface area contributed by atoms with E-state index >= 15 is 0 Å². The molecule has 2 aromatic rings. The van der Waals surface area contributed by atoms with Crippen LogP contribution in [0.25, 0.3) is 11.4 Å². The molecule has 1 saturated heterocycles. The number of hydrogen-bond donors (Lipinski definition) is 2. The number of nitrogens with zero attached hydrogens (tertiary/aromatic N) is 3. The minimum Gasteiger partial charge on any atom is -0.376 e. The first-order valence-electron chi connectivity index (χ1n) is 9.08. The Bertz CT molecular complexity index is 821. The molecule has 1 fully saturated rings. The molecule has 3 rings (SSSR count). The Kier molecular flexibility index (Phi) is 6.99. The summed E-state index contributed by atoms with van der Waals surface area (Å²) < 4.78 is 20.9. The third-order valence-electron chi connectivity index (χ3n) is 4.15. The van der Waals surface area contributed by atoms with Gasteiger partial charge in [0.05, 0.1) is 18.4 Å². The summed E-state index contributed by atoms with van der Waals surface area (Å²) in [6, 6.07) is 5.49. The molecule has 2 heterocycles. The highest BCUT2D eigenvalue weighted by atomic mass is 32.2. The van der Waals surface area contributed by atoms with Crippen molar-refractivity contribution < 1.29 is 18.7 Å². The molecule has 0 saturated carbocycles. The summed E-state index contributed by atoms with van der Waals surface area (Å²) in [6.45, 7) is 3.46. The van der Waals surface area contributed by atoms with Gasteiger partial charge in [0.1, 0.15) is 5.82 Å². The summed E-state index contributed by atoms with van der Waals surface area (Å²) in [6.07, 6.45) is 1.97. The average Bonchev–Trinajstić information content (AvgIpc) is 3.31. The van der Waals surface area contributed by atoms with Crippen molar-refractivity contribution in [3.63, 3.8) is 0 Å². The fourth-order valence-corrected chi connectivity index (χ4v) is 3.61. The van der Waals surface area contributed by atoms with Gasteiger partial charge < -0.3 is 10.1 Å². The van der Waals surface area contributed by atoms with Crippen molar-refractivity contribution in [3.8, 4) is 11.4 Å². The second kappa shape index (κ2) is 9.65. The number of urea groups is 1. The van der Waals surface area contributed by atoms with Crippen LogP contribution in [0.1, 0.15) is 19.8 Å². The number of thioether (sulfide) groups is 1. The molecule has 150 valence electrons. The number of benzene rings is 1. The zero-order valence-corrected chi connectivity index (χ0v) is 16.3. The van der Waals surface area contributed by atoms with E-state index in [4.69, 9.17) is 4.74 Å². The molecule has 8 nitrogen and oxygen atoms in total. The molecule has 0 unspecified atom stereocenters. The van der Waals surface area contributed by atoms with E-state index < -0.39 is 11.9 Å². The maximum absolute atomic E-state index is 13.3. The van der Waals surface area contributed by atoms with E-state index in [0.29, 0.717) is 24.1 Å². The first-order chi connectivity index (χ1) is 13.6. The van der Waals surface area contributed by atoms with Crippen LogP contribution in [0.15, 0.2) is 29.4 Å². The van der Waals surface area contributed by atoms with Gasteiger partial charge in [-0.05, 0) is 44.0 Å². The van der Waals surface area contributed by atoms with Gasteiger partial charge in [0.2, 0.25) is 5.91 Å². The second-order valence-corrected chi connectivity index (χ2v) is 7.20. The normalized spacial score (nSPS) is 16.1. The molecule has 2 N–H and O–H groups in total. The highest BCUT2D eigenvalue weighted by Gasteiger charge is 2.22. The van der Waals surface area contributed by atoms with Crippen molar-refractivity contribution in [2.75, 3.05) is 18.9 Å². The van der Waals surface area contributed by atoms with Crippen LogP contribution >= 0.6 is 11.8 Å². The van der Waals surface area contributed by atoms with Crippen molar-refractivity contribution in [1.82, 2.24) is 25.4 Å². The van der Waals surface area contributed by atoms with E-state index in [1.165, 1.54) is 23.9 Å². The topological polar surface area (TPSA) is 98.1 Å². The number of carbonyl (C=O) groups excluding carboxylic acids is 2. The molecular weight excluding hydrogens is 385 g/mol. The Hall–Kier alpha value is -2.46. The van der Waals surface area contributed by atoms with E-state index in [1.807, 2.05) is 4.57 Å². The van der Waals surface area contributed by atoms with Gasteiger partial charge in [-0.3, -0.25) is 14.7 Å². The monoisotopic (exact) mass is 407 g/mol. The van der Waals surface area contributed by atoms with E-state index in [2.05, 4.69) is 20.8 Å². The van der Waals surface area contributed by atoms with Crippen molar-refractivity contribution in [1.29, 1.82) is 0 Å². The summed E-state index contributed by atoms with van der Waals surface area (Å²) in [5.41, 5.74) is 0.727. The Labute approximate surface area is 166 Å². The third kappa shape index (κ3) is 5.29. The first kappa shape index (κ1) is 20.3. The van der Waals surface area contributed by atoms with Crippen molar-refractivity contribution >= 4 is 23.7 Å². The highest BCUT2D eigenvalue weighted by molar-refractivity contribution is 7.99. The first-order valence-corrected chi connectivity index (χ1v) is 10.1. The van der Waals surface area contributed by atoms with Crippen LogP contribution in [0.4, 0.5) is 9.18 Å². The molecule has 0 spiro atoms. The molecule has 1 aliphatic heterocycles. The summed E-state index contributed by atoms with van der Waals surface area (Å²) in [4.78, 5) is 23.4. The molecule has 0 bridgehead atoms. The molecule has 28 heavy (non-hydrogen) atoms. The van der Waals surface area contributed by atoms with Crippen molar-refractivity contribution in [3.05, 3.63) is 30.1 Å². The van der Waals surface area contributed by atoms with E-state index in [0.717, 1.165) is 25.0 Å². The van der Waals surface area contributed by atoms with Crippen LogP contribution in [-0.4, -0.2) is 51.7 Å². The van der Waals surface area contributed by atoms with E-state index in [9.17, 15) is 14.0 Å². The number of nitrogens with one attached hydrogen (secondary N) is 2. The van der Waals surface area contributed by atoms with Crippen LogP contribution in [0.5, 0.6) is 0 Å². The van der Waals surface area contributed by atoms with Crippen molar-refractivity contribution in [2.24, 2.45) is 0 Å². The van der Waals surface area contributed by atoms with Crippen LogP contribution in [0.2, 0.25) is 0 Å². The Balaban J connectivity index is 1.75. The lowest BCUT2D eigenvalue weighted by Crippen LogP contribution is -2.40.